The molecule has 2 bridgehead atoms. The molecule has 5 nitrogen and oxygen atoms in total. The highest BCUT2D eigenvalue weighted by Crippen LogP contribution is 2.32. The minimum absolute atomic E-state index is 0.241. The van der Waals surface area contributed by atoms with Gasteiger partial charge >= 0.3 is 0 Å². The van der Waals surface area contributed by atoms with Crippen molar-refractivity contribution >= 4 is 5.91 Å². The molecule has 4 heterocycles. The average molecular weight is 326 g/mol. The standard InChI is InChI=1S/C19H26N4O/c24-19-17-5-1-3-13(10-22-11-14-7-16(22)9-21-14)18(17)12-23(19)15-4-2-6-20-8-15/h1,3,5,14-16,20-21H,2,4,6-12H2. The topological polar surface area (TPSA) is 47.6 Å². The quantitative estimate of drug-likeness (QED) is 0.868. The van der Waals surface area contributed by atoms with Crippen LogP contribution in [-0.4, -0.2) is 60.0 Å². The summed E-state index contributed by atoms with van der Waals surface area (Å²) in [6.45, 7) is 6.10. The summed E-state index contributed by atoms with van der Waals surface area (Å²) in [5.41, 5.74) is 3.59. The van der Waals surface area contributed by atoms with Crippen LogP contribution in [0.15, 0.2) is 18.2 Å². The molecule has 1 amide bonds. The Bertz CT molecular complexity index is 655. The zero-order valence-electron chi connectivity index (χ0n) is 14.1. The van der Waals surface area contributed by atoms with E-state index in [1.165, 1.54) is 24.0 Å². The van der Waals surface area contributed by atoms with Gasteiger partial charge < -0.3 is 15.5 Å². The van der Waals surface area contributed by atoms with Crippen molar-refractivity contribution in [1.82, 2.24) is 20.4 Å². The van der Waals surface area contributed by atoms with Gasteiger partial charge in [0, 0.05) is 56.4 Å². The van der Waals surface area contributed by atoms with Gasteiger partial charge in [-0.15, -0.1) is 0 Å². The molecule has 0 saturated carbocycles. The molecule has 0 radical (unpaired) electrons. The van der Waals surface area contributed by atoms with Crippen LogP contribution < -0.4 is 10.6 Å². The Morgan fingerprint density at radius 2 is 2.17 bits per heavy atom. The largest absolute Gasteiger partial charge is 0.330 e. The van der Waals surface area contributed by atoms with E-state index >= 15 is 0 Å². The number of carbonyl (C=O) groups is 1. The molecule has 0 spiro atoms. The molecule has 3 unspecified atom stereocenters. The Morgan fingerprint density at radius 1 is 1.21 bits per heavy atom. The molecule has 1 aromatic rings. The lowest BCUT2D eigenvalue weighted by Gasteiger charge is -2.31. The molecule has 4 aliphatic rings. The summed E-state index contributed by atoms with van der Waals surface area (Å²) in [4.78, 5) is 17.6. The van der Waals surface area contributed by atoms with Gasteiger partial charge in [-0.1, -0.05) is 12.1 Å². The van der Waals surface area contributed by atoms with Gasteiger partial charge in [-0.3, -0.25) is 9.69 Å². The van der Waals surface area contributed by atoms with Crippen LogP contribution in [0.1, 0.15) is 40.7 Å². The highest BCUT2D eigenvalue weighted by atomic mass is 16.2. The van der Waals surface area contributed by atoms with E-state index in [0.717, 1.165) is 51.3 Å². The lowest BCUT2D eigenvalue weighted by Crippen LogP contribution is -2.46. The lowest BCUT2D eigenvalue weighted by molar-refractivity contribution is 0.0674. The van der Waals surface area contributed by atoms with Crippen LogP contribution in [0.2, 0.25) is 0 Å². The number of fused-ring (bicyclic) bond motifs is 3. The monoisotopic (exact) mass is 326 g/mol. The third-order valence-corrected chi connectivity index (χ3v) is 6.35. The fourth-order valence-corrected chi connectivity index (χ4v) is 5.02. The van der Waals surface area contributed by atoms with E-state index in [2.05, 4.69) is 32.6 Å². The molecule has 4 aliphatic heterocycles. The maximum Gasteiger partial charge on any atom is 0.254 e. The highest BCUT2D eigenvalue weighted by Gasteiger charge is 2.39. The Kier molecular flexibility index (Phi) is 3.61. The predicted molar refractivity (Wildman–Crippen MR) is 92.8 cm³/mol. The number of nitrogens with one attached hydrogen (secondary N) is 2. The summed E-state index contributed by atoms with van der Waals surface area (Å²) in [6.07, 6.45) is 3.58. The van der Waals surface area contributed by atoms with Gasteiger partial charge in [-0.25, -0.2) is 0 Å². The minimum atomic E-state index is 0.241. The van der Waals surface area contributed by atoms with E-state index in [1.807, 2.05) is 6.07 Å². The number of benzene rings is 1. The van der Waals surface area contributed by atoms with Crippen LogP contribution in [0, 0.1) is 0 Å². The molecule has 5 heteroatoms. The van der Waals surface area contributed by atoms with Crippen molar-refractivity contribution in [3.63, 3.8) is 0 Å². The number of amides is 1. The zero-order valence-corrected chi connectivity index (χ0v) is 14.1. The smallest absolute Gasteiger partial charge is 0.254 e. The Labute approximate surface area is 143 Å². The molecule has 3 saturated heterocycles. The van der Waals surface area contributed by atoms with Crippen molar-refractivity contribution in [2.24, 2.45) is 0 Å². The summed E-state index contributed by atoms with van der Waals surface area (Å²) in [6, 6.07) is 8.04. The summed E-state index contributed by atoms with van der Waals surface area (Å²) < 4.78 is 0. The SMILES string of the molecule is O=C1c2cccc(CN3CC4CC3CN4)c2CN1C1CCCNC1. The number of piperazine rings is 1. The van der Waals surface area contributed by atoms with E-state index < -0.39 is 0 Å². The molecular formula is C19H26N4O. The molecule has 5 rings (SSSR count). The third-order valence-electron chi connectivity index (χ3n) is 6.35. The van der Waals surface area contributed by atoms with E-state index in [1.54, 1.807) is 0 Å². The molecule has 128 valence electrons. The molecule has 0 aromatic heterocycles. The van der Waals surface area contributed by atoms with Crippen molar-refractivity contribution in [3.8, 4) is 0 Å². The summed E-state index contributed by atoms with van der Waals surface area (Å²) in [7, 11) is 0. The van der Waals surface area contributed by atoms with Crippen molar-refractivity contribution in [2.45, 2.75) is 50.5 Å². The van der Waals surface area contributed by atoms with E-state index in [-0.39, 0.29) is 5.91 Å². The van der Waals surface area contributed by atoms with Crippen molar-refractivity contribution in [2.75, 3.05) is 26.2 Å². The van der Waals surface area contributed by atoms with Crippen LogP contribution in [-0.2, 0) is 13.1 Å². The number of nitrogens with zero attached hydrogens (tertiary/aromatic N) is 2. The van der Waals surface area contributed by atoms with Gasteiger partial charge in [-0.05, 0) is 43.0 Å². The first-order chi connectivity index (χ1) is 11.8. The first-order valence-corrected chi connectivity index (χ1v) is 9.39. The van der Waals surface area contributed by atoms with Crippen LogP contribution in [0.4, 0.5) is 0 Å². The third kappa shape index (κ3) is 2.38. The van der Waals surface area contributed by atoms with Crippen LogP contribution >= 0.6 is 0 Å². The van der Waals surface area contributed by atoms with Gasteiger partial charge in [0.15, 0.2) is 0 Å². The van der Waals surface area contributed by atoms with Crippen LogP contribution in [0.3, 0.4) is 0 Å². The molecule has 3 fully saturated rings. The molecule has 24 heavy (non-hydrogen) atoms. The van der Waals surface area contributed by atoms with Gasteiger partial charge in [-0.2, -0.15) is 0 Å². The number of hydrogen-bond acceptors (Lipinski definition) is 4. The highest BCUT2D eigenvalue weighted by molar-refractivity contribution is 5.99. The van der Waals surface area contributed by atoms with Gasteiger partial charge in [0.2, 0.25) is 0 Å². The normalized spacial score (nSPS) is 32.6. The Balaban J connectivity index is 1.37. The summed E-state index contributed by atoms with van der Waals surface area (Å²) >= 11 is 0. The summed E-state index contributed by atoms with van der Waals surface area (Å²) in [5, 5.41) is 7.01. The van der Waals surface area contributed by atoms with E-state index in [4.69, 9.17) is 0 Å². The molecule has 2 N–H and O–H groups in total. The first kappa shape index (κ1) is 14.9. The molecule has 1 aromatic carbocycles. The molecular weight excluding hydrogens is 300 g/mol. The second-order valence-electron chi connectivity index (χ2n) is 7.80. The average Bonchev–Trinajstić information content (AvgIpc) is 3.31. The van der Waals surface area contributed by atoms with Gasteiger partial charge in [0.05, 0.1) is 0 Å². The number of hydrogen-bond donors (Lipinski definition) is 2. The molecule has 3 atom stereocenters. The van der Waals surface area contributed by atoms with Crippen molar-refractivity contribution < 1.29 is 4.79 Å². The number of piperidine rings is 1. The van der Waals surface area contributed by atoms with Gasteiger partial charge in [0.25, 0.3) is 5.91 Å². The van der Waals surface area contributed by atoms with Crippen LogP contribution in [0.5, 0.6) is 0 Å². The van der Waals surface area contributed by atoms with E-state index in [0.29, 0.717) is 18.1 Å². The number of likely N-dealkylation sites (tertiary alicyclic amines) is 1. The van der Waals surface area contributed by atoms with Crippen molar-refractivity contribution in [1.29, 1.82) is 0 Å². The van der Waals surface area contributed by atoms with Crippen LogP contribution in [0.25, 0.3) is 0 Å². The number of rotatable bonds is 3. The lowest BCUT2D eigenvalue weighted by atomic mass is 10.0. The Morgan fingerprint density at radius 3 is 2.92 bits per heavy atom. The molecule has 0 aliphatic carbocycles. The first-order valence-electron chi connectivity index (χ1n) is 9.39. The second kappa shape index (κ2) is 5.83. The summed E-state index contributed by atoms with van der Waals surface area (Å²) in [5.74, 6) is 0.241. The Hall–Kier alpha value is -1.43. The number of carbonyl (C=O) groups excluding carboxylic acids is 1. The zero-order chi connectivity index (χ0) is 16.1. The second-order valence-corrected chi connectivity index (χ2v) is 7.80. The maximum atomic E-state index is 12.9. The maximum absolute atomic E-state index is 12.9. The fraction of sp³-hybridized carbons (Fsp3) is 0.632. The van der Waals surface area contributed by atoms with Gasteiger partial charge in [0.1, 0.15) is 0 Å². The minimum Gasteiger partial charge on any atom is -0.330 e. The predicted octanol–water partition coefficient (Wildman–Crippen LogP) is 0.940. The fourth-order valence-electron chi connectivity index (χ4n) is 5.02. The van der Waals surface area contributed by atoms with Crippen molar-refractivity contribution in [3.05, 3.63) is 34.9 Å². The van der Waals surface area contributed by atoms with E-state index in [9.17, 15) is 4.79 Å².